The van der Waals surface area contributed by atoms with Gasteiger partial charge < -0.3 is 10.3 Å². The molecule has 1 saturated heterocycles. The second-order valence-corrected chi connectivity index (χ2v) is 3.52. The van der Waals surface area contributed by atoms with Crippen LogP contribution in [0.3, 0.4) is 0 Å². The molecular weight excluding hydrogens is 169 g/mol. The molecule has 1 aliphatic rings. The SMILES string of the molecule is Cc1[nH]c(C2CCNC2)nc1CF. The van der Waals surface area contributed by atoms with Gasteiger partial charge in [-0.15, -0.1) is 0 Å². The number of rotatable bonds is 2. The van der Waals surface area contributed by atoms with Crippen molar-refractivity contribution in [3.8, 4) is 0 Å². The van der Waals surface area contributed by atoms with Crippen LogP contribution < -0.4 is 5.32 Å². The summed E-state index contributed by atoms with van der Waals surface area (Å²) in [6, 6.07) is 0. The van der Waals surface area contributed by atoms with Crippen LogP contribution in [0.15, 0.2) is 0 Å². The number of aryl methyl sites for hydroxylation is 1. The van der Waals surface area contributed by atoms with E-state index in [1.165, 1.54) is 0 Å². The molecule has 0 saturated carbocycles. The van der Waals surface area contributed by atoms with E-state index in [1.54, 1.807) is 0 Å². The second-order valence-electron chi connectivity index (χ2n) is 3.52. The third-order valence-corrected chi connectivity index (χ3v) is 2.58. The highest BCUT2D eigenvalue weighted by molar-refractivity contribution is 5.15. The number of alkyl halides is 1. The van der Waals surface area contributed by atoms with E-state index in [4.69, 9.17) is 0 Å². The van der Waals surface area contributed by atoms with Gasteiger partial charge in [0.05, 0.1) is 5.69 Å². The summed E-state index contributed by atoms with van der Waals surface area (Å²) in [6.07, 6.45) is 1.10. The molecule has 0 radical (unpaired) electrons. The molecule has 0 spiro atoms. The Morgan fingerprint density at radius 2 is 2.46 bits per heavy atom. The molecule has 2 N–H and O–H groups in total. The molecule has 1 aromatic heterocycles. The molecule has 0 amide bonds. The van der Waals surface area contributed by atoms with Gasteiger partial charge in [0.2, 0.25) is 0 Å². The predicted molar refractivity (Wildman–Crippen MR) is 48.4 cm³/mol. The number of imidazole rings is 1. The summed E-state index contributed by atoms with van der Waals surface area (Å²) in [5.41, 5.74) is 1.42. The van der Waals surface area contributed by atoms with Crippen LogP contribution in [0.1, 0.15) is 29.6 Å². The number of hydrogen-bond donors (Lipinski definition) is 2. The first-order chi connectivity index (χ1) is 6.31. The molecule has 2 heterocycles. The Bertz CT molecular complexity index is 289. The van der Waals surface area contributed by atoms with E-state index in [1.807, 2.05) is 6.92 Å². The minimum atomic E-state index is -0.470. The van der Waals surface area contributed by atoms with Gasteiger partial charge in [-0.2, -0.15) is 0 Å². The fraction of sp³-hybridized carbons (Fsp3) is 0.667. The summed E-state index contributed by atoms with van der Waals surface area (Å²) in [5.74, 6) is 1.38. The fourth-order valence-corrected chi connectivity index (χ4v) is 1.73. The molecule has 1 aliphatic heterocycles. The third kappa shape index (κ3) is 1.58. The number of aromatic nitrogens is 2. The number of nitrogens with one attached hydrogen (secondary N) is 2. The van der Waals surface area contributed by atoms with E-state index in [-0.39, 0.29) is 0 Å². The molecule has 0 aliphatic carbocycles. The summed E-state index contributed by atoms with van der Waals surface area (Å²) >= 11 is 0. The topological polar surface area (TPSA) is 40.7 Å². The van der Waals surface area contributed by atoms with Gasteiger partial charge in [0, 0.05) is 18.2 Å². The summed E-state index contributed by atoms with van der Waals surface area (Å²) in [4.78, 5) is 7.39. The highest BCUT2D eigenvalue weighted by Crippen LogP contribution is 2.20. The normalized spacial score (nSPS) is 22.5. The predicted octanol–water partition coefficient (Wildman–Crippen LogP) is 1.26. The standard InChI is InChI=1S/C9H14FN3/c1-6-8(4-10)13-9(12-6)7-2-3-11-5-7/h7,11H,2-5H2,1H3,(H,12,13). The monoisotopic (exact) mass is 183 g/mol. The van der Waals surface area contributed by atoms with Gasteiger partial charge in [0.25, 0.3) is 0 Å². The summed E-state index contributed by atoms with van der Waals surface area (Å²) in [5, 5.41) is 3.26. The number of nitrogens with zero attached hydrogens (tertiary/aromatic N) is 1. The van der Waals surface area contributed by atoms with Crippen molar-refractivity contribution in [3.05, 3.63) is 17.2 Å². The highest BCUT2D eigenvalue weighted by atomic mass is 19.1. The van der Waals surface area contributed by atoms with E-state index in [9.17, 15) is 4.39 Å². The summed E-state index contributed by atoms with van der Waals surface area (Å²) in [6.45, 7) is 3.39. The molecule has 13 heavy (non-hydrogen) atoms. The zero-order valence-corrected chi connectivity index (χ0v) is 7.73. The van der Waals surface area contributed by atoms with Gasteiger partial charge in [-0.1, -0.05) is 0 Å². The van der Waals surface area contributed by atoms with E-state index < -0.39 is 6.67 Å². The lowest BCUT2D eigenvalue weighted by molar-refractivity contribution is 0.474. The van der Waals surface area contributed by atoms with E-state index in [0.29, 0.717) is 11.6 Å². The largest absolute Gasteiger partial charge is 0.346 e. The van der Waals surface area contributed by atoms with Crippen molar-refractivity contribution in [2.75, 3.05) is 13.1 Å². The van der Waals surface area contributed by atoms with Gasteiger partial charge in [-0.25, -0.2) is 9.37 Å². The first-order valence-corrected chi connectivity index (χ1v) is 4.63. The number of H-pyrrole nitrogens is 1. The number of hydrogen-bond acceptors (Lipinski definition) is 2. The Hall–Kier alpha value is -0.900. The van der Waals surface area contributed by atoms with Gasteiger partial charge >= 0.3 is 0 Å². The highest BCUT2D eigenvalue weighted by Gasteiger charge is 2.20. The van der Waals surface area contributed by atoms with Crippen molar-refractivity contribution < 1.29 is 4.39 Å². The maximum absolute atomic E-state index is 12.4. The minimum Gasteiger partial charge on any atom is -0.346 e. The van der Waals surface area contributed by atoms with Crippen LogP contribution in [0.5, 0.6) is 0 Å². The van der Waals surface area contributed by atoms with Crippen LogP contribution in [0, 0.1) is 6.92 Å². The minimum absolute atomic E-state index is 0.444. The van der Waals surface area contributed by atoms with E-state index >= 15 is 0 Å². The van der Waals surface area contributed by atoms with Gasteiger partial charge in [0.15, 0.2) is 0 Å². The Labute approximate surface area is 76.8 Å². The van der Waals surface area contributed by atoms with Crippen molar-refractivity contribution in [2.24, 2.45) is 0 Å². The Kier molecular flexibility index (Phi) is 2.31. The molecule has 1 fully saturated rings. The van der Waals surface area contributed by atoms with Crippen molar-refractivity contribution in [1.82, 2.24) is 15.3 Å². The van der Waals surface area contributed by atoms with Crippen LogP contribution in [0.4, 0.5) is 4.39 Å². The van der Waals surface area contributed by atoms with Crippen LogP contribution in [-0.4, -0.2) is 23.1 Å². The quantitative estimate of drug-likeness (QED) is 0.724. The fourth-order valence-electron chi connectivity index (χ4n) is 1.73. The van der Waals surface area contributed by atoms with Crippen LogP contribution in [0.25, 0.3) is 0 Å². The zero-order chi connectivity index (χ0) is 9.26. The van der Waals surface area contributed by atoms with Crippen LogP contribution in [0.2, 0.25) is 0 Å². The van der Waals surface area contributed by atoms with Crippen molar-refractivity contribution in [1.29, 1.82) is 0 Å². The molecule has 1 aromatic rings. The first-order valence-electron chi connectivity index (χ1n) is 4.63. The average molecular weight is 183 g/mol. The Balaban J connectivity index is 2.20. The zero-order valence-electron chi connectivity index (χ0n) is 7.73. The van der Waals surface area contributed by atoms with Crippen molar-refractivity contribution in [3.63, 3.8) is 0 Å². The first kappa shape index (κ1) is 8.69. The van der Waals surface area contributed by atoms with Gasteiger partial charge in [-0.05, 0) is 19.9 Å². The lowest BCUT2D eigenvalue weighted by Gasteiger charge is -2.02. The maximum atomic E-state index is 12.4. The lowest BCUT2D eigenvalue weighted by atomic mass is 10.1. The smallest absolute Gasteiger partial charge is 0.133 e. The second kappa shape index (κ2) is 3.46. The molecule has 72 valence electrons. The molecule has 1 unspecified atom stereocenters. The molecule has 3 nitrogen and oxygen atoms in total. The number of aromatic amines is 1. The van der Waals surface area contributed by atoms with Crippen molar-refractivity contribution >= 4 is 0 Å². The molecule has 4 heteroatoms. The average Bonchev–Trinajstić information content (AvgIpc) is 2.71. The Morgan fingerprint density at radius 1 is 1.62 bits per heavy atom. The van der Waals surface area contributed by atoms with Gasteiger partial charge in [-0.3, -0.25) is 0 Å². The Morgan fingerprint density at radius 3 is 3.00 bits per heavy atom. The molecule has 0 aromatic carbocycles. The van der Waals surface area contributed by atoms with Crippen LogP contribution >= 0.6 is 0 Å². The third-order valence-electron chi connectivity index (χ3n) is 2.58. The van der Waals surface area contributed by atoms with E-state index in [2.05, 4.69) is 15.3 Å². The van der Waals surface area contributed by atoms with E-state index in [0.717, 1.165) is 31.0 Å². The molecule has 0 bridgehead atoms. The van der Waals surface area contributed by atoms with Crippen LogP contribution in [-0.2, 0) is 6.67 Å². The van der Waals surface area contributed by atoms with Gasteiger partial charge in [0.1, 0.15) is 12.5 Å². The summed E-state index contributed by atoms with van der Waals surface area (Å²) < 4.78 is 12.4. The summed E-state index contributed by atoms with van der Waals surface area (Å²) in [7, 11) is 0. The molecule has 1 atom stereocenters. The van der Waals surface area contributed by atoms with Crippen molar-refractivity contribution in [2.45, 2.75) is 25.9 Å². The molecular formula is C9H14FN3. The maximum Gasteiger partial charge on any atom is 0.133 e. The number of halogens is 1. The lowest BCUT2D eigenvalue weighted by Crippen LogP contribution is -2.08. The molecule has 2 rings (SSSR count).